The van der Waals surface area contributed by atoms with Gasteiger partial charge in [0.2, 0.25) is 0 Å². The van der Waals surface area contributed by atoms with Gasteiger partial charge in [0.25, 0.3) is 0 Å². The van der Waals surface area contributed by atoms with E-state index in [2.05, 4.69) is 0 Å². The molecule has 6 heteroatoms. The first-order valence-corrected chi connectivity index (χ1v) is 11.0. The molecule has 0 heterocycles. The SMILES string of the molecule is CC(C)OP(=O)(OC(C)C)C(N)CC12CC3CC(CC(C3)C1)C2.Cl. The van der Waals surface area contributed by atoms with Gasteiger partial charge in [-0.3, -0.25) is 4.57 Å². The lowest BCUT2D eigenvalue weighted by atomic mass is 9.49. The molecule has 0 spiro atoms. The summed E-state index contributed by atoms with van der Waals surface area (Å²) >= 11 is 0. The van der Waals surface area contributed by atoms with Crippen LogP contribution in [0.3, 0.4) is 0 Å². The predicted octanol–water partition coefficient (Wildman–Crippen LogP) is 5.34. The molecular weight excluding hydrogens is 345 g/mol. The van der Waals surface area contributed by atoms with Crippen molar-refractivity contribution in [3.05, 3.63) is 0 Å². The average molecular weight is 380 g/mol. The molecule has 4 fully saturated rings. The van der Waals surface area contributed by atoms with Crippen LogP contribution in [0.2, 0.25) is 0 Å². The van der Waals surface area contributed by atoms with Gasteiger partial charge in [0.15, 0.2) is 0 Å². The van der Waals surface area contributed by atoms with E-state index in [1.165, 1.54) is 38.5 Å². The van der Waals surface area contributed by atoms with Crippen LogP contribution in [0.15, 0.2) is 0 Å². The van der Waals surface area contributed by atoms with Crippen LogP contribution < -0.4 is 5.73 Å². The van der Waals surface area contributed by atoms with Crippen LogP contribution >= 0.6 is 20.0 Å². The first-order chi connectivity index (χ1) is 10.7. The lowest BCUT2D eigenvalue weighted by molar-refractivity contribution is -0.0587. The van der Waals surface area contributed by atoms with Crippen molar-refractivity contribution in [1.29, 1.82) is 0 Å². The zero-order valence-corrected chi connectivity index (χ0v) is 17.3. The quantitative estimate of drug-likeness (QED) is 0.606. The maximum absolute atomic E-state index is 13.3. The highest BCUT2D eigenvalue weighted by Gasteiger charge is 2.53. The summed E-state index contributed by atoms with van der Waals surface area (Å²) in [6, 6.07) is 0. The fraction of sp³-hybridized carbons (Fsp3) is 1.00. The fourth-order valence-electron chi connectivity index (χ4n) is 5.86. The van der Waals surface area contributed by atoms with Crippen LogP contribution in [0.25, 0.3) is 0 Å². The summed E-state index contributed by atoms with van der Waals surface area (Å²) in [5.74, 6) is 2.14. The molecule has 0 radical (unpaired) electrons. The molecule has 4 nitrogen and oxygen atoms in total. The van der Waals surface area contributed by atoms with Gasteiger partial charge >= 0.3 is 7.60 Å². The van der Waals surface area contributed by atoms with E-state index in [1.54, 1.807) is 0 Å². The highest BCUT2D eigenvalue weighted by molar-refractivity contribution is 7.54. The van der Waals surface area contributed by atoms with E-state index in [0.717, 1.165) is 24.2 Å². The number of rotatable bonds is 7. The normalized spacial score (nSPS) is 36.2. The molecule has 4 aliphatic rings. The summed E-state index contributed by atoms with van der Waals surface area (Å²) in [6.07, 6.45) is 8.59. The van der Waals surface area contributed by atoms with Crippen molar-refractivity contribution in [3.8, 4) is 0 Å². The monoisotopic (exact) mass is 379 g/mol. The highest BCUT2D eigenvalue weighted by atomic mass is 35.5. The maximum atomic E-state index is 13.3. The zero-order valence-electron chi connectivity index (χ0n) is 15.6. The summed E-state index contributed by atoms with van der Waals surface area (Å²) < 4.78 is 24.8. The number of hydrogen-bond acceptors (Lipinski definition) is 4. The van der Waals surface area contributed by atoms with Gasteiger partial charge in [-0.2, -0.15) is 0 Å². The van der Waals surface area contributed by atoms with Crippen molar-refractivity contribution in [3.63, 3.8) is 0 Å². The average Bonchev–Trinajstić information content (AvgIpc) is 2.33. The van der Waals surface area contributed by atoms with E-state index in [1.807, 2.05) is 27.7 Å². The summed E-state index contributed by atoms with van der Waals surface area (Å²) in [5.41, 5.74) is 6.75. The zero-order chi connectivity index (χ0) is 16.8. The molecule has 0 aromatic rings. The molecule has 2 N–H and O–H groups in total. The largest absolute Gasteiger partial charge is 0.347 e. The second-order valence-electron chi connectivity index (χ2n) is 9.04. The van der Waals surface area contributed by atoms with Gasteiger partial charge in [-0.25, -0.2) is 0 Å². The molecule has 0 amide bonds. The molecule has 4 rings (SSSR count). The van der Waals surface area contributed by atoms with Gasteiger partial charge in [0, 0.05) is 0 Å². The molecule has 24 heavy (non-hydrogen) atoms. The van der Waals surface area contributed by atoms with Crippen LogP contribution in [-0.2, 0) is 13.6 Å². The molecule has 0 aromatic carbocycles. The molecule has 0 aromatic heterocycles. The van der Waals surface area contributed by atoms with Crippen LogP contribution in [0.1, 0.15) is 72.6 Å². The molecular formula is C18H35ClNO3P. The van der Waals surface area contributed by atoms with Crippen LogP contribution in [0.4, 0.5) is 0 Å². The Hall–Kier alpha value is 0.400. The Balaban J connectivity index is 0.00000208. The molecule has 4 saturated carbocycles. The van der Waals surface area contributed by atoms with Gasteiger partial charge in [-0.05, 0) is 95.8 Å². The van der Waals surface area contributed by atoms with Crippen molar-refractivity contribution in [2.75, 3.05) is 0 Å². The first-order valence-electron chi connectivity index (χ1n) is 9.42. The Morgan fingerprint density at radius 1 is 0.958 bits per heavy atom. The van der Waals surface area contributed by atoms with E-state index in [-0.39, 0.29) is 24.6 Å². The van der Waals surface area contributed by atoms with E-state index in [4.69, 9.17) is 14.8 Å². The van der Waals surface area contributed by atoms with Crippen molar-refractivity contribution in [2.45, 2.75) is 90.6 Å². The second kappa shape index (κ2) is 7.56. The number of halogens is 1. The third-order valence-electron chi connectivity index (χ3n) is 5.93. The minimum Gasteiger partial charge on any atom is -0.318 e. The third-order valence-corrected chi connectivity index (χ3v) is 8.35. The van der Waals surface area contributed by atoms with Gasteiger partial charge in [0.1, 0.15) is 5.78 Å². The smallest absolute Gasteiger partial charge is 0.318 e. The second-order valence-corrected chi connectivity index (χ2v) is 11.2. The summed E-state index contributed by atoms with van der Waals surface area (Å²) in [4.78, 5) is 0. The summed E-state index contributed by atoms with van der Waals surface area (Å²) in [7, 11) is -3.27. The lowest BCUT2D eigenvalue weighted by Crippen LogP contribution is -2.48. The minimum atomic E-state index is -3.27. The predicted molar refractivity (Wildman–Crippen MR) is 100 cm³/mol. The van der Waals surface area contributed by atoms with E-state index in [9.17, 15) is 4.57 Å². The summed E-state index contributed by atoms with van der Waals surface area (Å²) in [5, 5.41) is 0. The third kappa shape index (κ3) is 4.38. The molecule has 4 bridgehead atoms. The van der Waals surface area contributed by atoms with Crippen LogP contribution in [-0.4, -0.2) is 18.0 Å². The molecule has 4 aliphatic carbocycles. The Morgan fingerprint density at radius 3 is 1.67 bits per heavy atom. The van der Waals surface area contributed by atoms with E-state index >= 15 is 0 Å². The lowest BCUT2D eigenvalue weighted by Gasteiger charge is -2.57. The number of hydrogen-bond donors (Lipinski definition) is 1. The first kappa shape index (κ1) is 20.7. The van der Waals surface area contributed by atoms with E-state index in [0.29, 0.717) is 5.41 Å². The van der Waals surface area contributed by atoms with E-state index < -0.39 is 13.4 Å². The van der Waals surface area contributed by atoms with Gasteiger partial charge < -0.3 is 14.8 Å². The van der Waals surface area contributed by atoms with Gasteiger partial charge in [0.05, 0.1) is 12.2 Å². The Kier molecular flexibility index (Phi) is 6.53. The fourth-order valence-corrected chi connectivity index (χ4v) is 8.01. The van der Waals surface area contributed by atoms with Crippen LogP contribution in [0, 0.1) is 23.2 Å². The maximum Gasteiger partial charge on any atom is 0.347 e. The highest BCUT2D eigenvalue weighted by Crippen LogP contribution is 2.64. The van der Waals surface area contributed by atoms with Gasteiger partial charge in [-0.15, -0.1) is 12.4 Å². The number of nitrogens with two attached hydrogens (primary N) is 1. The van der Waals surface area contributed by atoms with Crippen molar-refractivity contribution >= 4 is 20.0 Å². The Labute approximate surface area is 153 Å². The van der Waals surface area contributed by atoms with Crippen LogP contribution in [0.5, 0.6) is 0 Å². The molecule has 0 aliphatic heterocycles. The van der Waals surface area contributed by atoms with Crippen molar-refractivity contribution in [1.82, 2.24) is 0 Å². The topological polar surface area (TPSA) is 61.5 Å². The minimum absolute atomic E-state index is 0. The standard InChI is InChI=1S/C18H34NO3P.ClH/c1-12(2)21-23(20,22-13(3)4)17(19)11-18-8-14-5-15(9-18)7-16(6-14)10-18;/h12-17H,5-11,19H2,1-4H3;1H. The molecule has 1 atom stereocenters. The molecule has 1 unspecified atom stereocenters. The molecule has 142 valence electrons. The Morgan fingerprint density at radius 2 is 1.33 bits per heavy atom. The molecule has 0 saturated heterocycles. The van der Waals surface area contributed by atoms with Gasteiger partial charge in [-0.1, -0.05) is 0 Å². The Bertz CT molecular complexity index is 434. The van der Waals surface area contributed by atoms with Crippen molar-refractivity contribution in [2.24, 2.45) is 28.9 Å². The van der Waals surface area contributed by atoms with Crippen molar-refractivity contribution < 1.29 is 13.6 Å². The summed E-state index contributed by atoms with van der Waals surface area (Å²) in [6.45, 7) is 7.59.